The molecule has 0 fully saturated rings. The van der Waals surface area contributed by atoms with Gasteiger partial charge in [-0.15, -0.1) is 0 Å². The van der Waals surface area contributed by atoms with E-state index < -0.39 is 48.0 Å². The van der Waals surface area contributed by atoms with Gasteiger partial charge >= 0.3 is 18.0 Å². The van der Waals surface area contributed by atoms with Crippen molar-refractivity contribution in [2.75, 3.05) is 0 Å². The highest BCUT2D eigenvalue weighted by molar-refractivity contribution is 5.89. The summed E-state index contributed by atoms with van der Waals surface area (Å²) in [5.41, 5.74) is 0.740. The summed E-state index contributed by atoms with van der Waals surface area (Å²) in [6.45, 7) is 5.07. The van der Waals surface area contributed by atoms with E-state index in [0.29, 0.717) is 0 Å². The first-order chi connectivity index (χ1) is 16.0. The Morgan fingerprint density at radius 3 is 1.94 bits per heavy atom. The molecule has 0 aromatic heterocycles. The third-order valence-electron chi connectivity index (χ3n) is 4.50. The molecule has 0 heterocycles. The first kappa shape index (κ1) is 26.4. The van der Waals surface area contributed by atoms with Crippen LogP contribution in [-0.4, -0.2) is 46.7 Å². The van der Waals surface area contributed by atoms with Gasteiger partial charge in [0.05, 0.1) is 6.42 Å². The summed E-state index contributed by atoms with van der Waals surface area (Å²) in [4.78, 5) is 48.9. The Kier molecular flexibility index (Phi) is 9.61. The van der Waals surface area contributed by atoms with Crippen LogP contribution in [0, 0.1) is 0 Å². The van der Waals surface area contributed by atoms with Crippen LogP contribution < -0.4 is 10.6 Å². The number of carbonyl (C=O) groups excluding carboxylic acids is 3. The summed E-state index contributed by atoms with van der Waals surface area (Å²) in [6.07, 6.45) is -1.41. The average Bonchev–Trinajstić information content (AvgIpc) is 2.77. The van der Waals surface area contributed by atoms with Gasteiger partial charge in [-0.25, -0.2) is 14.4 Å². The summed E-state index contributed by atoms with van der Waals surface area (Å²) >= 11 is 0. The standard InChI is InChI=1S/C25H30N2O7/c1-25(2,3)34-23(31)20(14-17-10-6-4-7-11-17)26-21(28)15-19(22(29)30)27-24(32)33-16-18-12-8-5-9-13-18/h4-13,19-20H,14-16H2,1-3H3,(H,26,28)(H,27,32)(H,29,30)/t19-,20+/m1/s1. The number of hydrogen-bond donors (Lipinski definition) is 3. The Morgan fingerprint density at radius 1 is 0.853 bits per heavy atom. The smallest absolute Gasteiger partial charge is 0.408 e. The molecule has 0 saturated heterocycles. The number of carbonyl (C=O) groups is 4. The fraction of sp³-hybridized carbons (Fsp3) is 0.360. The zero-order valence-corrected chi connectivity index (χ0v) is 19.4. The molecule has 2 atom stereocenters. The first-order valence-corrected chi connectivity index (χ1v) is 10.8. The molecule has 2 aromatic rings. The van der Waals surface area contributed by atoms with Crippen LogP contribution in [-0.2, 0) is 36.9 Å². The summed E-state index contributed by atoms with van der Waals surface area (Å²) < 4.78 is 10.4. The van der Waals surface area contributed by atoms with Crippen LogP contribution in [0.15, 0.2) is 60.7 Å². The number of esters is 1. The van der Waals surface area contributed by atoms with Crippen LogP contribution in [0.2, 0.25) is 0 Å². The number of nitrogens with one attached hydrogen (secondary N) is 2. The van der Waals surface area contributed by atoms with Crippen molar-refractivity contribution in [2.45, 2.75) is 57.9 Å². The maximum atomic E-state index is 12.7. The van der Waals surface area contributed by atoms with Crippen molar-refractivity contribution in [2.24, 2.45) is 0 Å². The number of benzene rings is 2. The van der Waals surface area contributed by atoms with E-state index >= 15 is 0 Å². The van der Waals surface area contributed by atoms with Gasteiger partial charge in [-0.3, -0.25) is 4.79 Å². The molecule has 0 aliphatic heterocycles. The topological polar surface area (TPSA) is 131 Å². The fourth-order valence-corrected chi connectivity index (χ4v) is 2.96. The van der Waals surface area contributed by atoms with Gasteiger partial charge < -0.3 is 25.2 Å². The number of carboxylic acid groups (broad SMARTS) is 1. The zero-order chi connectivity index (χ0) is 25.1. The molecule has 0 radical (unpaired) electrons. The molecule has 9 nitrogen and oxygen atoms in total. The summed E-state index contributed by atoms with van der Waals surface area (Å²) in [5.74, 6) is -2.79. The second kappa shape index (κ2) is 12.4. The molecule has 3 N–H and O–H groups in total. The van der Waals surface area contributed by atoms with Gasteiger partial charge in [-0.2, -0.15) is 0 Å². The molecule has 0 aliphatic rings. The predicted octanol–water partition coefficient (Wildman–Crippen LogP) is 2.83. The molecular formula is C25H30N2O7. The van der Waals surface area contributed by atoms with E-state index in [-0.39, 0.29) is 13.0 Å². The number of rotatable bonds is 10. The fourth-order valence-electron chi connectivity index (χ4n) is 2.96. The highest BCUT2D eigenvalue weighted by atomic mass is 16.6. The first-order valence-electron chi connectivity index (χ1n) is 10.8. The van der Waals surface area contributed by atoms with Gasteiger partial charge in [0.15, 0.2) is 0 Å². The van der Waals surface area contributed by atoms with E-state index in [2.05, 4.69) is 10.6 Å². The van der Waals surface area contributed by atoms with E-state index in [0.717, 1.165) is 11.1 Å². The lowest BCUT2D eigenvalue weighted by Crippen LogP contribution is -2.49. The average molecular weight is 471 g/mol. The third kappa shape index (κ3) is 9.72. The van der Waals surface area contributed by atoms with Gasteiger partial charge in [0.25, 0.3) is 0 Å². The van der Waals surface area contributed by atoms with E-state index in [1.54, 1.807) is 69.3 Å². The molecule has 2 rings (SSSR count). The van der Waals surface area contributed by atoms with E-state index in [1.165, 1.54) is 0 Å². The molecule has 0 bridgehead atoms. The number of carboxylic acids is 1. The lowest BCUT2D eigenvalue weighted by molar-refractivity contribution is -0.158. The number of hydrogen-bond acceptors (Lipinski definition) is 6. The van der Waals surface area contributed by atoms with Crippen molar-refractivity contribution < 1.29 is 33.8 Å². The van der Waals surface area contributed by atoms with Crippen LogP contribution in [0.1, 0.15) is 38.3 Å². The van der Waals surface area contributed by atoms with Crippen LogP contribution in [0.4, 0.5) is 4.79 Å². The predicted molar refractivity (Wildman–Crippen MR) is 124 cm³/mol. The van der Waals surface area contributed by atoms with Crippen molar-refractivity contribution in [3.63, 3.8) is 0 Å². The van der Waals surface area contributed by atoms with Crippen LogP contribution in [0.5, 0.6) is 0 Å². The van der Waals surface area contributed by atoms with E-state index in [4.69, 9.17) is 9.47 Å². The van der Waals surface area contributed by atoms with Crippen LogP contribution in [0.25, 0.3) is 0 Å². The minimum atomic E-state index is -1.54. The molecule has 0 spiro atoms. The number of ether oxygens (including phenoxy) is 2. The molecule has 182 valence electrons. The van der Waals surface area contributed by atoms with Gasteiger partial charge in [-0.1, -0.05) is 60.7 Å². The molecule has 0 aliphatic carbocycles. The summed E-state index contributed by atoms with van der Waals surface area (Å²) in [5, 5.41) is 14.2. The SMILES string of the molecule is CC(C)(C)OC(=O)[C@H](Cc1ccccc1)NC(=O)C[C@@H](NC(=O)OCc1ccccc1)C(=O)O. The monoisotopic (exact) mass is 470 g/mol. The van der Waals surface area contributed by atoms with E-state index in [1.807, 2.05) is 12.1 Å². The molecule has 0 saturated carbocycles. The Labute approximate surface area is 198 Å². The molecule has 2 aromatic carbocycles. The molecule has 2 amide bonds. The Balaban J connectivity index is 1.99. The summed E-state index contributed by atoms with van der Waals surface area (Å²) in [7, 11) is 0. The quantitative estimate of drug-likeness (QED) is 0.455. The molecule has 34 heavy (non-hydrogen) atoms. The molecular weight excluding hydrogens is 440 g/mol. The second-order valence-corrected chi connectivity index (χ2v) is 8.64. The lowest BCUT2D eigenvalue weighted by atomic mass is 10.0. The Bertz CT molecular complexity index is 972. The number of aliphatic carboxylic acids is 1. The second-order valence-electron chi connectivity index (χ2n) is 8.64. The van der Waals surface area contributed by atoms with Gasteiger partial charge in [0.2, 0.25) is 5.91 Å². The van der Waals surface area contributed by atoms with Crippen LogP contribution in [0.3, 0.4) is 0 Å². The third-order valence-corrected chi connectivity index (χ3v) is 4.50. The number of amides is 2. The Hall–Kier alpha value is -3.88. The van der Waals surface area contributed by atoms with E-state index in [9.17, 15) is 24.3 Å². The van der Waals surface area contributed by atoms with Gasteiger partial charge in [0.1, 0.15) is 24.3 Å². The minimum Gasteiger partial charge on any atom is -0.480 e. The van der Waals surface area contributed by atoms with Crippen molar-refractivity contribution in [3.05, 3.63) is 71.8 Å². The summed E-state index contributed by atoms with van der Waals surface area (Å²) in [6, 6.07) is 15.3. The maximum absolute atomic E-state index is 12.7. The molecule has 0 unspecified atom stereocenters. The van der Waals surface area contributed by atoms with Crippen LogP contribution >= 0.6 is 0 Å². The van der Waals surface area contributed by atoms with Gasteiger partial charge in [0, 0.05) is 6.42 Å². The normalized spacial score (nSPS) is 12.7. The number of alkyl carbamates (subject to hydrolysis) is 1. The van der Waals surface area contributed by atoms with Crippen molar-refractivity contribution in [3.8, 4) is 0 Å². The minimum absolute atomic E-state index is 0.0526. The lowest BCUT2D eigenvalue weighted by Gasteiger charge is -2.25. The maximum Gasteiger partial charge on any atom is 0.408 e. The van der Waals surface area contributed by atoms with Crippen molar-refractivity contribution in [1.82, 2.24) is 10.6 Å². The van der Waals surface area contributed by atoms with Crippen molar-refractivity contribution in [1.29, 1.82) is 0 Å². The highest BCUT2D eigenvalue weighted by Crippen LogP contribution is 2.12. The molecule has 9 heteroatoms. The zero-order valence-electron chi connectivity index (χ0n) is 19.4. The van der Waals surface area contributed by atoms with Crippen molar-refractivity contribution >= 4 is 23.9 Å². The van der Waals surface area contributed by atoms with Gasteiger partial charge in [-0.05, 0) is 31.9 Å². The Morgan fingerprint density at radius 2 is 1.41 bits per heavy atom. The largest absolute Gasteiger partial charge is 0.480 e. The highest BCUT2D eigenvalue weighted by Gasteiger charge is 2.30.